The van der Waals surface area contributed by atoms with Gasteiger partial charge in [0.05, 0.1) is 18.0 Å². The van der Waals surface area contributed by atoms with E-state index in [0.29, 0.717) is 39.9 Å². The number of anilines is 2. The molecule has 0 bridgehead atoms. The summed E-state index contributed by atoms with van der Waals surface area (Å²) in [6, 6.07) is 20.8. The molecule has 5 aromatic rings. The molecule has 0 saturated heterocycles. The van der Waals surface area contributed by atoms with Crippen LogP contribution < -0.4 is 10.1 Å². The van der Waals surface area contributed by atoms with Gasteiger partial charge in [-0.25, -0.2) is 4.98 Å². The van der Waals surface area contributed by atoms with Crippen LogP contribution in [0.25, 0.3) is 22.3 Å². The topological polar surface area (TPSA) is 120 Å². The van der Waals surface area contributed by atoms with Crippen LogP contribution in [0.2, 0.25) is 0 Å². The van der Waals surface area contributed by atoms with Gasteiger partial charge < -0.3 is 19.9 Å². The van der Waals surface area contributed by atoms with Crippen LogP contribution in [0.4, 0.5) is 11.6 Å². The van der Waals surface area contributed by atoms with Crippen LogP contribution >= 0.6 is 0 Å². The number of carbonyl (C=O) groups excluding carboxylic acids is 1. The van der Waals surface area contributed by atoms with E-state index < -0.39 is 0 Å². The summed E-state index contributed by atoms with van der Waals surface area (Å²) < 4.78 is 6.34. The van der Waals surface area contributed by atoms with Crippen molar-refractivity contribution in [2.24, 2.45) is 0 Å². The first kappa shape index (κ1) is 24.5. The zero-order valence-corrected chi connectivity index (χ0v) is 21.4. The van der Waals surface area contributed by atoms with Gasteiger partial charge in [0.2, 0.25) is 5.95 Å². The molecule has 9 heteroatoms. The van der Waals surface area contributed by atoms with Gasteiger partial charge >= 0.3 is 0 Å². The Kier molecular flexibility index (Phi) is 6.46. The summed E-state index contributed by atoms with van der Waals surface area (Å²) in [6.45, 7) is 3.97. The van der Waals surface area contributed by atoms with Gasteiger partial charge in [-0.1, -0.05) is 12.1 Å². The van der Waals surface area contributed by atoms with Crippen LogP contribution in [0.5, 0.6) is 11.6 Å². The lowest BCUT2D eigenvalue weighted by Crippen LogP contribution is -2.21. The molecule has 2 N–H and O–H groups in total. The molecular weight excluding hydrogens is 478 g/mol. The van der Waals surface area contributed by atoms with Crippen molar-refractivity contribution < 1.29 is 9.53 Å². The third kappa shape index (κ3) is 4.88. The summed E-state index contributed by atoms with van der Waals surface area (Å²) in [5, 5.41) is 12.2. The lowest BCUT2D eigenvalue weighted by atomic mass is 9.98. The minimum atomic E-state index is -0.0318. The van der Waals surface area contributed by atoms with Crippen molar-refractivity contribution in [1.82, 2.24) is 24.8 Å². The maximum absolute atomic E-state index is 12.2. The molecular formula is C29H25N7O2. The smallest absolute Gasteiger partial charge is 0.253 e. The van der Waals surface area contributed by atoms with Crippen LogP contribution in [0.3, 0.4) is 0 Å². The second kappa shape index (κ2) is 10.0. The first-order valence-electron chi connectivity index (χ1n) is 11.9. The number of amides is 1. The number of nitrogens with one attached hydrogen (secondary N) is 2. The predicted molar refractivity (Wildman–Crippen MR) is 146 cm³/mol. The maximum atomic E-state index is 12.2. The fourth-order valence-electron chi connectivity index (χ4n) is 4.13. The Labute approximate surface area is 219 Å². The molecule has 0 atom stereocenters. The van der Waals surface area contributed by atoms with Crippen molar-refractivity contribution in [2.75, 3.05) is 19.4 Å². The number of fused-ring (bicyclic) bond motifs is 1. The Morgan fingerprint density at radius 2 is 1.66 bits per heavy atom. The molecule has 0 aliphatic carbocycles. The molecule has 0 saturated carbocycles. The average molecular weight is 504 g/mol. The van der Waals surface area contributed by atoms with E-state index in [4.69, 9.17) is 10.00 Å². The third-order valence-electron chi connectivity index (χ3n) is 6.05. The second-order valence-electron chi connectivity index (χ2n) is 9.09. The largest absolute Gasteiger partial charge is 0.436 e. The number of ether oxygens (including phenoxy) is 1. The van der Waals surface area contributed by atoms with Gasteiger partial charge in [0.25, 0.3) is 11.8 Å². The van der Waals surface area contributed by atoms with Crippen LogP contribution in [-0.4, -0.2) is 44.8 Å². The predicted octanol–water partition coefficient (Wildman–Crippen LogP) is 5.75. The highest BCUT2D eigenvalue weighted by Crippen LogP contribution is 2.35. The molecule has 1 amide bonds. The number of aromatic amines is 1. The van der Waals surface area contributed by atoms with Gasteiger partial charge in [-0.05, 0) is 84.6 Å². The molecule has 0 aliphatic heterocycles. The lowest BCUT2D eigenvalue weighted by molar-refractivity contribution is 0.0827. The number of imidazole rings is 1. The normalized spacial score (nSPS) is 10.7. The van der Waals surface area contributed by atoms with Crippen molar-refractivity contribution in [1.29, 1.82) is 5.26 Å². The molecule has 0 radical (unpaired) electrons. The quantitative estimate of drug-likeness (QED) is 0.303. The summed E-state index contributed by atoms with van der Waals surface area (Å²) in [6.07, 6.45) is 1.55. The summed E-state index contributed by atoms with van der Waals surface area (Å²) in [5.41, 5.74) is 6.88. The molecule has 2 heterocycles. The standard InChI is InChI=1S/C29H25N7O2/c1-17-13-22(20-7-9-21(10-8-20)28(37)36(3)4)14-18(2)25(17)38-27-24-26(32-16-31-24)34-29(35-27)33-23-11-5-19(15-30)6-12-23/h5-14,16H,1-4H3,(H2,31,32,33,34,35). The van der Waals surface area contributed by atoms with Gasteiger partial charge in [0.1, 0.15) is 11.3 Å². The van der Waals surface area contributed by atoms with E-state index in [9.17, 15) is 4.79 Å². The van der Waals surface area contributed by atoms with Gasteiger partial charge in [-0.15, -0.1) is 0 Å². The monoisotopic (exact) mass is 503 g/mol. The number of benzene rings is 3. The molecule has 0 fully saturated rings. The first-order valence-corrected chi connectivity index (χ1v) is 11.9. The third-order valence-corrected chi connectivity index (χ3v) is 6.05. The molecule has 188 valence electrons. The lowest BCUT2D eigenvalue weighted by Gasteiger charge is -2.15. The Balaban J connectivity index is 1.44. The number of aromatic nitrogens is 4. The van der Waals surface area contributed by atoms with Gasteiger partial charge in [0, 0.05) is 25.3 Å². The van der Waals surface area contributed by atoms with E-state index in [0.717, 1.165) is 27.9 Å². The molecule has 5 rings (SSSR count). The van der Waals surface area contributed by atoms with Crippen molar-refractivity contribution in [2.45, 2.75) is 13.8 Å². The number of hydrogen-bond acceptors (Lipinski definition) is 7. The summed E-state index contributed by atoms with van der Waals surface area (Å²) in [4.78, 5) is 30.2. The van der Waals surface area contributed by atoms with Crippen molar-refractivity contribution in [3.8, 4) is 28.8 Å². The minimum Gasteiger partial charge on any atom is -0.436 e. The van der Waals surface area contributed by atoms with E-state index in [1.165, 1.54) is 0 Å². The molecule has 0 spiro atoms. The van der Waals surface area contributed by atoms with Crippen LogP contribution in [0.15, 0.2) is 67.0 Å². The van der Waals surface area contributed by atoms with E-state index >= 15 is 0 Å². The summed E-state index contributed by atoms with van der Waals surface area (Å²) >= 11 is 0. The van der Waals surface area contributed by atoms with Crippen LogP contribution in [0, 0.1) is 25.2 Å². The molecule has 0 unspecified atom stereocenters. The van der Waals surface area contributed by atoms with Crippen molar-refractivity contribution in [3.63, 3.8) is 0 Å². The summed E-state index contributed by atoms with van der Waals surface area (Å²) in [5.74, 6) is 1.32. The highest BCUT2D eigenvalue weighted by Gasteiger charge is 2.16. The Bertz CT molecular complexity index is 1660. The van der Waals surface area contributed by atoms with E-state index in [1.54, 1.807) is 49.6 Å². The molecule has 3 aromatic carbocycles. The SMILES string of the molecule is Cc1cc(-c2ccc(C(=O)N(C)C)cc2)cc(C)c1Oc1nc(Nc2ccc(C#N)cc2)nc2nc[nH]c12. The van der Waals surface area contributed by atoms with Gasteiger partial charge in [-0.2, -0.15) is 15.2 Å². The first-order chi connectivity index (χ1) is 18.3. The minimum absolute atomic E-state index is 0.0318. The highest BCUT2D eigenvalue weighted by molar-refractivity contribution is 5.94. The number of H-pyrrole nitrogens is 1. The Morgan fingerprint density at radius 1 is 0.974 bits per heavy atom. The number of aryl methyl sites for hydroxylation is 2. The van der Waals surface area contributed by atoms with E-state index in [1.807, 2.05) is 50.2 Å². The summed E-state index contributed by atoms with van der Waals surface area (Å²) in [7, 11) is 3.48. The Morgan fingerprint density at radius 3 is 2.29 bits per heavy atom. The fourth-order valence-corrected chi connectivity index (χ4v) is 4.13. The van der Waals surface area contributed by atoms with Crippen LogP contribution in [0.1, 0.15) is 27.0 Å². The molecule has 9 nitrogen and oxygen atoms in total. The highest BCUT2D eigenvalue weighted by atomic mass is 16.5. The van der Waals surface area contributed by atoms with Gasteiger partial charge in [0.15, 0.2) is 5.65 Å². The van der Waals surface area contributed by atoms with Gasteiger partial charge in [-0.3, -0.25) is 4.79 Å². The Hall–Kier alpha value is -5.23. The number of hydrogen-bond donors (Lipinski definition) is 2. The number of carbonyl (C=O) groups is 1. The molecule has 2 aromatic heterocycles. The van der Waals surface area contributed by atoms with E-state index in [-0.39, 0.29) is 5.91 Å². The van der Waals surface area contributed by atoms with Crippen molar-refractivity contribution >= 4 is 28.7 Å². The molecule has 0 aliphatic rings. The van der Waals surface area contributed by atoms with E-state index in [2.05, 4.69) is 31.3 Å². The van der Waals surface area contributed by atoms with Crippen molar-refractivity contribution in [3.05, 3.63) is 89.2 Å². The van der Waals surface area contributed by atoms with Crippen LogP contribution in [-0.2, 0) is 0 Å². The number of nitriles is 1. The number of nitrogens with zero attached hydrogens (tertiary/aromatic N) is 5. The second-order valence-corrected chi connectivity index (χ2v) is 9.09. The average Bonchev–Trinajstić information content (AvgIpc) is 3.39. The maximum Gasteiger partial charge on any atom is 0.253 e. The fraction of sp³-hybridized carbons (Fsp3) is 0.138. The number of rotatable bonds is 6. The zero-order chi connectivity index (χ0) is 26.8. The zero-order valence-electron chi connectivity index (χ0n) is 21.4. The molecule has 38 heavy (non-hydrogen) atoms.